The molecule has 2 unspecified atom stereocenters. The molecule has 1 aromatic heterocycles. The van der Waals surface area contributed by atoms with Crippen LogP contribution in [0.3, 0.4) is 0 Å². The van der Waals surface area contributed by atoms with Gasteiger partial charge in [0.25, 0.3) is 5.91 Å². The highest BCUT2D eigenvalue weighted by atomic mass is 35.5. The summed E-state index contributed by atoms with van der Waals surface area (Å²) in [5.41, 5.74) is 0. The Bertz CT molecular complexity index is 1090. The number of thioether (sulfide) groups is 2. The van der Waals surface area contributed by atoms with Gasteiger partial charge in [0.2, 0.25) is 11.9 Å². The largest absolute Gasteiger partial charge is 0.482 e. The number of hydrogen-bond acceptors (Lipinski definition) is 9. The highest BCUT2D eigenvalue weighted by Crippen LogP contribution is 2.52. The van der Waals surface area contributed by atoms with E-state index in [9.17, 15) is 4.79 Å². The van der Waals surface area contributed by atoms with E-state index in [0.717, 1.165) is 13.1 Å². The molecule has 204 valence electrons. The van der Waals surface area contributed by atoms with E-state index >= 15 is 0 Å². The van der Waals surface area contributed by atoms with E-state index in [1.165, 1.54) is 11.8 Å². The molecule has 2 atom stereocenters. The lowest BCUT2D eigenvalue weighted by Gasteiger charge is -2.33. The van der Waals surface area contributed by atoms with Crippen molar-refractivity contribution in [1.29, 1.82) is 0 Å². The molecular weight excluding hydrogens is 551 g/mol. The third-order valence-electron chi connectivity index (χ3n) is 5.85. The molecule has 0 spiro atoms. The number of aromatic nitrogens is 3. The van der Waals surface area contributed by atoms with E-state index in [1.54, 1.807) is 30.0 Å². The van der Waals surface area contributed by atoms with Gasteiger partial charge in [-0.3, -0.25) is 4.79 Å². The number of carbonyl (C=O) groups is 1. The molecule has 1 amide bonds. The highest BCUT2D eigenvalue weighted by molar-refractivity contribution is 8.05. The maximum atomic E-state index is 13.7. The van der Waals surface area contributed by atoms with Crippen LogP contribution in [0.15, 0.2) is 23.4 Å². The highest BCUT2D eigenvalue weighted by Gasteiger charge is 2.51. The molecule has 0 saturated carbocycles. The number of anilines is 2. The van der Waals surface area contributed by atoms with Gasteiger partial charge in [-0.15, -0.1) is 11.8 Å². The molecular formula is C25H36Cl2N6O2S2. The summed E-state index contributed by atoms with van der Waals surface area (Å²) in [6.07, 6.45) is 0. The van der Waals surface area contributed by atoms with Gasteiger partial charge in [0, 0.05) is 29.4 Å². The van der Waals surface area contributed by atoms with Crippen LogP contribution in [0.5, 0.6) is 5.75 Å². The topological polar surface area (TPSA) is 83.5 Å². The second kappa shape index (κ2) is 13.0. The van der Waals surface area contributed by atoms with Gasteiger partial charge in [-0.05, 0) is 58.7 Å². The average molecular weight is 588 g/mol. The van der Waals surface area contributed by atoms with Crippen LogP contribution in [0.25, 0.3) is 0 Å². The lowest BCUT2D eigenvalue weighted by Crippen LogP contribution is -2.47. The molecule has 0 aliphatic carbocycles. The smallest absolute Gasteiger partial charge is 0.262 e. The molecule has 2 heterocycles. The second-order valence-corrected chi connectivity index (χ2v) is 13.1. The van der Waals surface area contributed by atoms with Gasteiger partial charge in [-0.2, -0.15) is 15.0 Å². The first-order chi connectivity index (χ1) is 17.5. The summed E-state index contributed by atoms with van der Waals surface area (Å²) in [6.45, 7) is 16.9. The quantitative estimate of drug-likeness (QED) is 0.326. The zero-order chi connectivity index (χ0) is 27.3. The van der Waals surface area contributed by atoms with Crippen molar-refractivity contribution < 1.29 is 9.53 Å². The number of rotatable bonds is 11. The lowest BCUT2D eigenvalue weighted by molar-refractivity contribution is -0.135. The number of carbonyl (C=O) groups excluding carboxylic acids is 1. The summed E-state index contributed by atoms with van der Waals surface area (Å²) < 4.78 is 5.58. The third kappa shape index (κ3) is 7.28. The summed E-state index contributed by atoms with van der Waals surface area (Å²) >= 11 is 15.5. The summed E-state index contributed by atoms with van der Waals surface area (Å²) in [6, 6.07) is 4.96. The molecule has 1 aliphatic heterocycles. The lowest BCUT2D eigenvalue weighted by atomic mass is 10.1. The molecule has 1 fully saturated rings. The van der Waals surface area contributed by atoms with Gasteiger partial charge in [-0.25, -0.2) is 0 Å². The van der Waals surface area contributed by atoms with Crippen LogP contribution in [0, 0.1) is 5.92 Å². The molecule has 1 N–H and O–H groups in total. The van der Waals surface area contributed by atoms with Crippen molar-refractivity contribution >= 4 is 64.5 Å². The van der Waals surface area contributed by atoms with Crippen molar-refractivity contribution in [1.82, 2.24) is 19.9 Å². The summed E-state index contributed by atoms with van der Waals surface area (Å²) in [5.74, 6) is 1.70. The van der Waals surface area contributed by atoms with Gasteiger partial charge in [0.1, 0.15) is 11.1 Å². The molecule has 0 radical (unpaired) electrons. The Labute approximate surface area is 238 Å². The van der Waals surface area contributed by atoms with Gasteiger partial charge in [0.05, 0.1) is 10.4 Å². The Kier molecular flexibility index (Phi) is 10.5. The Balaban J connectivity index is 1.92. The van der Waals surface area contributed by atoms with Crippen LogP contribution in [0.2, 0.25) is 10.0 Å². The minimum Gasteiger partial charge on any atom is -0.482 e. The van der Waals surface area contributed by atoms with Crippen molar-refractivity contribution in [3.63, 3.8) is 0 Å². The summed E-state index contributed by atoms with van der Waals surface area (Å²) in [4.78, 5) is 31.7. The zero-order valence-electron chi connectivity index (χ0n) is 22.4. The molecule has 1 saturated heterocycles. The average Bonchev–Trinajstić information content (AvgIpc) is 3.10. The van der Waals surface area contributed by atoms with Crippen LogP contribution >= 0.6 is 46.7 Å². The van der Waals surface area contributed by atoms with Crippen LogP contribution in [0.1, 0.15) is 48.5 Å². The molecule has 1 aromatic carbocycles. The van der Waals surface area contributed by atoms with Crippen molar-refractivity contribution in [2.24, 2.45) is 5.92 Å². The standard InChI is InChI=1S/C25H36Cl2N6O2S2/c1-8-28-22-29-23(32(9-2)10-3)31-24(30-22)36-21-25(6,7)37-20(15(4)5)33(21)19(34)14-35-18-12-11-16(26)13-17(18)27/h11-13,15,20-21H,8-10,14H2,1-7H3,(H,28,29,30,31). The van der Waals surface area contributed by atoms with E-state index < -0.39 is 0 Å². The van der Waals surface area contributed by atoms with E-state index in [1.807, 2.05) is 11.8 Å². The SMILES string of the molecule is CCNc1nc(SC2N(C(=O)COc3ccc(Cl)cc3Cl)C(C(C)C)SC2(C)C)nc(N(CC)CC)n1. The number of hydrogen-bond donors (Lipinski definition) is 1. The van der Waals surface area contributed by atoms with Crippen LogP contribution < -0.4 is 15.0 Å². The number of nitrogens with zero attached hydrogens (tertiary/aromatic N) is 5. The number of benzene rings is 1. The molecule has 3 rings (SSSR count). The summed E-state index contributed by atoms with van der Waals surface area (Å²) in [7, 11) is 0. The summed E-state index contributed by atoms with van der Waals surface area (Å²) in [5, 5.41) is 4.43. The first-order valence-corrected chi connectivity index (χ1v) is 15.0. The maximum absolute atomic E-state index is 13.7. The van der Waals surface area contributed by atoms with Gasteiger partial charge < -0.3 is 19.9 Å². The fourth-order valence-electron chi connectivity index (χ4n) is 4.01. The number of amides is 1. The number of nitrogens with one attached hydrogen (secondary N) is 1. The van der Waals surface area contributed by atoms with Gasteiger partial charge in [-0.1, -0.05) is 48.8 Å². The Morgan fingerprint density at radius 2 is 1.92 bits per heavy atom. The first kappa shape index (κ1) is 29.9. The minimum atomic E-state index is -0.256. The predicted molar refractivity (Wildman–Crippen MR) is 156 cm³/mol. The van der Waals surface area contributed by atoms with Crippen LogP contribution in [-0.2, 0) is 4.79 Å². The van der Waals surface area contributed by atoms with Crippen molar-refractivity contribution in [2.75, 3.05) is 36.5 Å². The van der Waals surface area contributed by atoms with Gasteiger partial charge >= 0.3 is 0 Å². The Morgan fingerprint density at radius 1 is 1.22 bits per heavy atom. The fraction of sp³-hybridized carbons (Fsp3) is 0.600. The molecule has 12 heteroatoms. The molecule has 1 aliphatic rings. The fourth-order valence-corrected chi connectivity index (χ4v) is 7.46. The second-order valence-electron chi connectivity index (χ2n) is 9.43. The molecule has 2 aromatic rings. The third-order valence-corrected chi connectivity index (χ3v) is 9.81. The Hall–Kier alpha value is -1.62. The van der Waals surface area contributed by atoms with Crippen molar-refractivity contribution in [2.45, 2.75) is 69.1 Å². The van der Waals surface area contributed by atoms with E-state index in [4.69, 9.17) is 32.9 Å². The van der Waals surface area contributed by atoms with E-state index in [0.29, 0.717) is 39.4 Å². The van der Waals surface area contributed by atoms with Gasteiger partial charge in [0.15, 0.2) is 11.8 Å². The van der Waals surface area contributed by atoms with E-state index in [-0.39, 0.29) is 33.9 Å². The number of ether oxygens (including phenoxy) is 1. The Morgan fingerprint density at radius 3 is 2.51 bits per heavy atom. The minimum absolute atomic E-state index is 0.0263. The number of halogens is 2. The van der Waals surface area contributed by atoms with Crippen LogP contribution in [-0.4, -0.2) is 67.5 Å². The first-order valence-electron chi connectivity index (χ1n) is 12.5. The zero-order valence-corrected chi connectivity index (χ0v) is 25.6. The normalized spacial score (nSPS) is 18.8. The maximum Gasteiger partial charge on any atom is 0.262 e. The predicted octanol–water partition coefficient (Wildman–Crippen LogP) is 6.29. The monoisotopic (exact) mass is 586 g/mol. The molecule has 8 nitrogen and oxygen atoms in total. The molecule has 37 heavy (non-hydrogen) atoms. The van der Waals surface area contributed by atoms with Crippen molar-refractivity contribution in [3.05, 3.63) is 28.2 Å². The molecule has 0 bridgehead atoms. The van der Waals surface area contributed by atoms with Crippen molar-refractivity contribution in [3.8, 4) is 5.75 Å². The van der Waals surface area contributed by atoms with E-state index in [2.05, 4.69) is 61.7 Å². The van der Waals surface area contributed by atoms with Crippen LogP contribution in [0.4, 0.5) is 11.9 Å².